The number of fused-ring (bicyclic) bond motifs is 1. The molecule has 3 rings (SSSR count). The highest BCUT2D eigenvalue weighted by Gasteiger charge is 2.43. The molecule has 34 heavy (non-hydrogen) atoms. The molecule has 1 aromatic carbocycles. The molecule has 2 aliphatic heterocycles. The molecule has 0 unspecified atom stereocenters. The van der Waals surface area contributed by atoms with E-state index in [4.69, 9.17) is 0 Å². The van der Waals surface area contributed by atoms with Crippen molar-refractivity contribution in [2.75, 3.05) is 18.9 Å². The van der Waals surface area contributed by atoms with Gasteiger partial charge in [0.1, 0.15) is 6.04 Å². The summed E-state index contributed by atoms with van der Waals surface area (Å²) in [6.45, 7) is 8.42. The van der Waals surface area contributed by atoms with Crippen LogP contribution in [-0.2, 0) is 20.9 Å². The summed E-state index contributed by atoms with van der Waals surface area (Å²) in [5.74, 6) is -0.300. The second-order valence-corrected chi connectivity index (χ2v) is 9.58. The van der Waals surface area contributed by atoms with Crippen LogP contribution in [0.2, 0.25) is 0 Å². The lowest BCUT2D eigenvalue weighted by molar-refractivity contribution is -0.143. The van der Waals surface area contributed by atoms with Crippen molar-refractivity contribution in [1.82, 2.24) is 20.9 Å². The van der Waals surface area contributed by atoms with Crippen molar-refractivity contribution in [3.8, 4) is 0 Å². The number of amides is 3. The summed E-state index contributed by atoms with van der Waals surface area (Å²) in [6, 6.07) is 7.09. The van der Waals surface area contributed by atoms with E-state index < -0.39 is 6.04 Å². The maximum atomic E-state index is 13.5. The number of benzene rings is 1. The Morgan fingerprint density at radius 3 is 2.68 bits per heavy atom. The Labute approximate surface area is 202 Å². The Kier molecular flexibility index (Phi) is 9.24. The van der Waals surface area contributed by atoms with Gasteiger partial charge in [0, 0.05) is 36.4 Å². The Balaban J connectivity index is 1.63. The van der Waals surface area contributed by atoms with Gasteiger partial charge in [0.05, 0.1) is 6.04 Å². The van der Waals surface area contributed by atoms with Crippen molar-refractivity contribution in [1.29, 1.82) is 0 Å². The fourth-order valence-electron chi connectivity index (χ4n) is 4.70. The molecule has 0 bridgehead atoms. The summed E-state index contributed by atoms with van der Waals surface area (Å²) in [5.41, 5.74) is 1.96. The Morgan fingerprint density at radius 1 is 1.18 bits per heavy atom. The van der Waals surface area contributed by atoms with E-state index in [2.05, 4.69) is 34.8 Å². The van der Waals surface area contributed by atoms with Crippen molar-refractivity contribution >= 4 is 23.4 Å². The van der Waals surface area contributed by atoms with Crippen molar-refractivity contribution in [3.05, 3.63) is 42.0 Å². The number of anilines is 1. The lowest BCUT2D eigenvalue weighted by Crippen LogP contribution is -2.56. The third kappa shape index (κ3) is 6.67. The number of nitrogens with one attached hydrogen (secondary N) is 4. The van der Waals surface area contributed by atoms with E-state index in [0.717, 1.165) is 37.7 Å². The molecular formula is C26H39N5O3. The highest BCUT2D eigenvalue weighted by molar-refractivity contribution is 6.02. The molecule has 0 radical (unpaired) electrons. The first-order valence-electron chi connectivity index (χ1n) is 12.4. The summed E-state index contributed by atoms with van der Waals surface area (Å²) >= 11 is 0. The van der Waals surface area contributed by atoms with Crippen LogP contribution in [0.15, 0.2) is 36.4 Å². The third-order valence-corrected chi connectivity index (χ3v) is 6.84. The smallest absolute Gasteiger partial charge is 0.250 e. The van der Waals surface area contributed by atoms with Crippen LogP contribution in [0.5, 0.6) is 0 Å². The lowest BCUT2D eigenvalue weighted by Gasteiger charge is -2.35. The van der Waals surface area contributed by atoms with E-state index in [1.165, 1.54) is 0 Å². The third-order valence-electron chi connectivity index (χ3n) is 6.84. The molecule has 186 valence electrons. The predicted molar refractivity (Wildman–Crippen MR) is 134 cm³/mol. The number of likely N-dealkylation sites (N-methyl/N-ethyl adjacent to an activating group) is 1. The van der Waals surface area contributed by atoms with Crippen molar-refractivity contribution in [2.24, 2.45) is 0 Å². The zero-order valence-corrected chi connectivity index (χ0v) is 20.7. The van der Waals surface area contributed by atoms with Gasteiger partial charge in [-0.05, 0) is 64.3 Å². The molecule has 2 aliphatic rings. The van der Waals surface area contributed by atoms with Gasteiger partial charge >= 0.3 is 0 Å². The summed E-state index contributed by atoms with van der Waals surface area (Å²) in [6.07, 6.45) is 5.42. The molecule has 0 saturated carbocycles. The lowest BCUT2D eigenvalue weighted by atomic mass is 9.98. The fourth-order valence-corrected chi connectivity index (χ4v) is 4.70. The minimum absolute atomic E-state index is 0.0511. The monoisotopic (exact) mass is 469 g/mol. The molecule has 0 aliphatic carbocycles. The number of nitrogens with zero attached hydrogens (tertiary/aromatic N) is 1. The fraction of sp³-hybridized carbons (Fsp3) is 0.577. The number of carbonyl (C=O) groups is 3. The minimum atomic E-state index is -0.437. The van der Waals surface area contributed by atoms with E-state index in [9.17, 15) is 14.4 Å². The molecule has 0 spiro atoms. The quantitative estimate of drug-likeness (QED) is 0.416. The highest BCUT2D eigenvalue weighted by Crippen LogP contribution is 2.31. The summed E-state index contributed by atoms with van der Waals surface area (Å²) in [4.78, 5) is 40.4. The van der Waals surface area contributed by atoms with Crippen molar-refractivity contribution in [3.63, 3.8) is 0 Å². The molecule has 0 aromatic heterocycles. The number of hydrogen-bond donors (Lipinski definition) is 4. The van der Waals surface area contributed by atoms with Gasteiger partial charge in [-0.3, -0.25) is 14.4 Å². The molecule has 4 N–H and O–H groups in total. The number of rotatable bonds is 9. The maximum Gasteiger partial charge on any atom is 0.250 e. The second-order valence-electron chi connectivity index (χ2n) is 9.58. The predicted octanol–water partition coefficient (Wildman–Crippen LogP) is 2.32. The first-order valence-corrected chi connectivity index (χ1v) is 12.4. The van der Waals surface area contributed by atoms with Crippen LogP contribution < -0.4 is 21.3 Å². The van der Waals surface area contributed by atoms with Gasteiger partial charge in [-0.1, -0.05) is 31.6 Å². The van der Waals surface area contributed by atoms with Crippen LogP contribution in [0, 0.1) is 0 Å². The van der Waals surface area contributed by atoms with Crippen molar-refractivity contribution < 1.29 is 14.4 Å². The van der Waals surface area contributed by atoms with Gasteiger partial charge in [-0.15, -0.1) is 0 Å². The molecule has 3 amide bonds. The van der Waals surface area contributed by atoms with E-state index in [1.807, 2.05) is 30.1 Å². The largest absolute Gasteiger partial charge is 0.350 e. The SMILES string of the molecule is C=C(C)C(=O)Nc1cccc(CNC(=O)[C@@H]2CC[C@@H]3CCCC[C@H](NC[C@H](C)NC)C(=O)N32)c1. The standard InChI is InChI=1S/C26H39N5O3/c1-17(2)24(32)30-20-9-7-8-19(14-20)16-29-25(33)23-13-12-21-10-5-6-11-22(26(34)31(21)23)28-15-18(3)27-4/h7-9,14,18,21-23,27-28H,1,5-6,10-13,15-16H2,2-4H3,(H,29,33)(H,30,32)/t18-,21-,22-,23-/m0/s1. The topological polar surface area (TPSA) is 103 Å². The van der Waals surface area contributed by atoms with E-state index in [-0.39, 0.29) is 35.8 Å². The molecule has 8 nitrogen and oxygen atoms in total. The van der Waals surface area contributed by atoms with E-state index in [1.54, 1.807) is 13.0 Å². The summed E-state index contributed by atoms with van der Waals surface area (Å²) in [5, 5.41) is 12.4. The summed E-state index contributed by atoms with van der Waals surface area (Å²) in [7, 11) is 1.91. The van der Waals surface area contributed by atoms with Gasteiger partial charge in [0.25, 0.3) is 5.91 Å². The molecule has 2 heterocycles. The van der Waals surface area contributed by atoms with Crippen LogP contribution >= 0.6 is 0 Å². The second kappa shape index (κ2) is 12.1. The van der Waals surface area contributed by atoms with E-state index >= 15 is 0 Å². The Morgan fingerprint density at radius 2 is 1.94 bits per heavy atom. The zero-order chi connectivity index (χ0) is 24.7. The molecule has 2 saturated heterocycles. The Bertz CT molecular complexity index is 902. The van der Waals surface area contributed by atoms with Gasteiger partial charge in [0.2, 0.25) is 11.8 Å². The van der Waals surface area contributed by atoms with Gasteiger partial charge < -0.3 is 26.2 Å². The number of hydrogen-bond acceptors (Lipinski definition) is 5. The van der Waals surface area contributed by atoms with E-state index in [0.29, 0.717) is 30.8 Å². The molecular weight excluding hydrogens is 430 g/mol. The number of carbonyl (C=O) groups excluding carboxylic acids is 3. The summed E-state index contributed by atoms with van der Waals surface area (Å²) < 4.78 is 0. The van der Waals surface area contributed by atoms with Crippen LogP contribution in [0.4, 0.5) is 5.69 Å². The van der Waals surface area contributed by atoms with Crippen LogP contribution in [0.25, 0.3) is 0 Å². The molecule has 8 heteroatoms. The van der Waals surface area contributed by atoms with Gasteiger partial charge in [0.15, 0.2) is 0 Å². The van der Waals surface area contributed by atoms with Crippen LogP contribution in [-0.4, -0.2) is 60.4 Å². The maximum absolute atomic E-state index is 13.5. The first kappa shape index (κ1) is 25.9. The highest BCUT2D eigenvalue weighted by atomic mass is 16.2. The minimum Gasteiger partial charge on any atom is -0.350 e. The van der Waals surface area contributed by atoms with Gasteiger partial charge in [-0.25, -0.2) is 0 Å². The molecule has 2 fully saturated rings. The molecule has 4 atom stereocenters. The van der Waals surface area contributed by atoms with Gasteiger partial charge in [-0.2, -0.15) is 0 Å². The van der Waals surface area contributed by atoms with Crippen LogP contribution in [0.3, 0.4) is 0 Å². The normalized spacial score (nSPS) is 23.4. The zero-order valence-electron chi connectivity index (χ0n) is 20.7. The van der Waals surface area contributed by atoms with Crippen LogP contribution in [0.1, 0.15) is 57.9 Å². The average Bonchev–Trinajstić information content (AvgIpc) is 3.23. The average molecular weight is 470 g/mol. The Hall–Kier alpha value is -2.71. The first-order chi connectivity index (χ1) is 16.3. The molecule has 1 aromatic rings. The van der Waals surface area contributed by atoms with Crippen molar-refractivity contribution in [2.45, 2.75) is 83.1 Å².